The van der Waals surface area contributed by atoms with Gasteiger partial charge in [0.15, 0.2) is 0 Å². The number of hydrogen-bond donors (Lipinski definition) is 2. The van der Waals surface area contributed by atoms with Crippen LogP contribution in [0.3, 0.4) is 0 Å². The molecule has 0 aliphatic heterocycles. The molecule has 0 aromatic carbocycles. The number of nitrogens with zero attached hydrogens (tertiary/aromatic N) is 2. The van der Waals surface area contributed by atoms with E-state index in [1.807, 2.05) is 0 Å². The molecule has 1 aromatic rings. The van der Waals surface area contributed by atoms with Gasteiger partial charge in [0, 0.05) is 12.4 Å². The SMILES string of the molecule is O=C(Cn1cccn1)NC1(C(=O)O)CCCCCC1. The molecule has 6 heteroatoms. The molecule has 1 fully saturated rings. The third-order valence-electron chi connectivity index (χ3n) is 3.61. The molecule has 0 unspecified atom stereocenters. The fourth-order valence-corrected chi connectivity index (χ4v) is 2.57. The molecule has 1 aliphatic rings. The first-order valence-electron chi connectivity index (χ1n) is 6.64. The first kappa shape index (κ1) is 13.6. The second kappa shape index (κ2) is 5.86. The van der Waals surface area contributed by atoms with Crippen molar-refractivity contribution in [1.29, 1.82) is 0 Å². The van der Waals surface area contributed by atoms with Crippen molar-refractivity contribution in [3.63, 3.8) is 0 Å². The topological polar surface area (TPSA) is 84.2 Å². The summed E-state index contributed by atoms with van der Waals surface area (Å²) in [5.41, 5.74) is -1.10. The maximum absolute atomic E-state index is 12.0. The summed E-state index contributed by atoms with van der Waals surface area (Å²) >= 11 is 0. The lowest BCUT2D eigenvalue weighted by Gasteiger charge is -2.29. The van der Waals surface area contributed by atoms with E-state index in [2.05, 4.69) is 10.4 Å². The molecular weight excluding hydrogens is 246 g/mol. The van der Waals surface area contributed by atoms with Gasteiger partial charge in [-0.1, -0.05) is 25.7 Å². The number of nitrogens with one attached hydrogen (secondary N) is 1. The molecule has 19 heavy (non-hydrogen) atoms. The first-order valence-corrected chi connectivity index (χ1v) is 6.64. The van der Waals surface area contributed by atoms with Crippen molar-refractivity contribution in [3.05, 3.63) is 18.5 Å². The smallest absolute Gasteiger partial charge is 0.329 e. The zero-order valence-electron chi connectivity index (χ0n) is 10.8. The fourth-order valence-electron chi connectivity index (χ4n) is 2.57. The highest BCUT2D eigenvalue weighted by molar-refractivity contribution is 5.86. The molecule has 1 aromatic heterocycles. The molecular formula is C13H19N3O3. The Morgan fingerprint density at radius 1 is 1.26 bits per heavy atom. The molecule has 2 N–H and O–H groups in total. The van der Waals surface area contributed by atoms with Crippen LogP contribution in [0.5, 0.6) is 0 Å². The number of carbonyl (C=O) groups excluding carboxylic acids is 1. The van der Waals surface area contributed by atoms with Crippen LogP contribution in [0, 0.1) is 0 Å². The Hall–Kier alpha value is -1.85. The number of rotatable bonds is 4. The van der Waals surface area contributed by atoms with Gasteiger partial charge in [-0.2, -0.15) is 5.10 Å². The van der Waals surface area contributed by atoms with Gasteiger partial charge in [0.05, 0.1) is 0 Å². The van der Waals surface area contributed by atoms with Crippen molar-refractivity contribution in [2.75, 3.05) is 0 Å². The van der Waals surface area contributed by atoms with Gasteiger partial charge >= 0.3 is 5.97 Å². The highest BCUT2D eigenvalue weighted by Crippen LogP contribution is 2.27. The summed E-state index contributed by atoms with van der Waals surface area (Å²) in [6.45, 7) is 0.0576. The summed E-state index contributed by atoms with van der Waals surface area (Å²) in [5, 5.41) is 16.1. The maximum atomic E-state index is 12.0. The van der Waals surface area contributed by atoms with Crippen molar-refractivity contribution < 1.29 is 14.7 Å². The lowest BCUT2D eigenvalue weighted by Crippen LogP contribution is -2.55. The summed E-state index contributed by atoms with van der Waals surface area (Å²) < 4.78 is 1.49. The number of aliphatic carboxylic acids is 1. The second-order valence-corrected chi connectivity index (χ2v) is 5.05. The molecule has 0 atom stereocenters. The lowest BCUT2D eigenvalue weighted by atomic mass is 9.90. The van der Waals surface area contributed by atoms with Gasteiger partial charge in [-0.15, -0.1) is 0 Å². The van der Waals surface area contributed by atoms with Crippen LogP contribution in [0.15, 0.2) is 18.5 Å². The van der Waals surface area contributed by atoms with Crippen molar-refractivity contribution in [3.8, 4) is 0 Å². The maximum Gasteiger partial charge on any atom is 0.329 e. The van der Waals surface area contributed by atoms with Gasteiger partial charge in [-0.05, 0) is 18.9 Å². The average molecular weight is 265 g/mol. The second-order valence-electron chi connectivity index (χ2n) is 5.05. The average Bonchev–Trinajstić information content (AvgIpc) is 2.73. The quantitative estimate of drug-likeness (QED) is 0.800. The van der Waals surface area contributed by atoms with E-state index >= 15 is 0 Å². The molecule has 1 heterocycles. The van der Waals surface area contributed by atoms with Crippen molar-refractivity contribution in [2.24, 2.45) is 0 Å². The molecule has 0 spiro atoms. The van der Waals surface area contributed by atoms with Gasteiger partial charge < -0.3 is 10.4 Å². The largest absolute Gasteiger partial charge is 0.480 e. The Morgan fingerprint density at radius 3 is 2.47 bits per heavy atom. The molecule has 2 rings (SSSR count). The van der Waals surface area contributed by atoms with E-state index in [0.717, 1.165) is 25.7 Å². The summed E-state index contributed by atoms with van der Waals surface area (Å²) in [5.74, 6) is -1.23. The van der Waals surface area contributed by atoms with E-state index in [1.54, 1.807) is 18.5 Å². The van der Waals surface area contributed by atoms with E-state index < -0.39 is 11.5 Å². The van der Waals surface area contributed by atoms with Crippen molar-refractivity contribution in [1.82, 2.24) is 15.1 Å². The van der Waals surface area contributed by atoms with Crippen LogP contribution >= 0.6 is 0 Å². The number of aromatic nitrogens is 2. The molecule has 104 valence electrons. The van der Waals surface area contributed by atoms with Gasteiger partial charge in [0.1, 0.15) is 12.1 Å². The summed E-state index contributed by atoms with van der Waals surface area (Å²) in [4.78, 5) is 23.5. The van der Waals surface area contributed by atoms with Crippen LogP contribution < -0.4 is 5.32 Å². The molecule has 1 saturated carbocycles. The van der Waals surface area contributed by atoms with E-state index in [4.69, 9.17) is 0 Å². The Labute approximate surface area is 111 Å². The molecule has 6 nitrogen and oxygen atoms in total. The highest BCUT2D eigenvalue weighted by Gasteiger charge is 2.39. The highest BCUT2D eigenvalue weighted by atomic mass is 16.4. The minimum atomic E-state index is -1.10. The van der Waals surface area contributed by atoms with Crippen LogP contribution in [0.4, 0.5) is 0 Å². The van der Waals surface area contributed by atoms with Gasteiger partial charge in [0.2, 0.25) is 5.91 Å². The predicted molar refractivity (Wildman–Crippen MR) is 68.4 cm³/mol. The summed E-state index contributed by atoms with van der Waals surface area (Å²) in [7, 11) is 0. The minimum absolute atomic E-state index is 0.0576. The van der Waals surface area contributed by atoms with Gasteiger partial charge in [-0.25, -0.2) is 4.79 Å². The van der Waals surface area contributed by atoms with E-state index in [-0.39, 0.29) is 12.5 Å². The molecule has 0 radical (unpaired) electrons. The standard InChI is InChI=1S/C13H19N3O3/c17-11(10-16-9-5-8-14-16)15-13(12(18)19)6-3-1-2-4-7-13/h5,8-9H,1-4,6-7,10H2,(H,15,17)(H,18,19). The van der Waals surface area contributed by atoms with Crippen LogP contribution in [0.25, 0.3) is 0 Å². The number of carboxylic acids is 1. The Balaban J connectivity index is 2.03. The molecule has 1 amide bonds. The molecule has 0 bridgehead atoms. The number of carbonyl (C=O) groups is 2. The van der Waals surface area contributed by atoms with Crippen LogP contribution in [-0.2, 0) is 16.1 Å². The van der Waals surface area contributed by atoms with Gasteiger partial charge in [-0.3, -0.25) is 9.48 Å². The molecule has 1 aliphatic carbocycles. The Morgan fingerprint density at radius 2 is 1.95 bits per heavy atom. The predicted octanol–water partition coefficient (Wildman–Crippen LogP) is 1.18. The number of carboxylic acid groups (broad SMARTS) is 1. The fraction of sp³-hybridized carbons (Fsp3) is 0.615. The summed E-state index contributed by atoms with van der Waals surface area (Å²) in [6, 6.07) is 1.73. The van der Waals surface area contributed by atoms with E-state index in [1.165, 1.54) is 4.68 Å². The lowest BCUT2D eigenvalue weighted by molar-refractivity contribution is -0.148. The normalized spacial score (nSPS) is 18.5. The third-order valence-corrected chi connectivity index (χ3v) is 3.61. The van der Waals surface area contributed by atoms with E-state index in [9.17, 15) is 14.7 Å². The first-order chi connectivity index (χ1) is 9.12. The van der Waals surface area contributed by atoms with Gasteiger partial charge in [0.25, 0.3) is 0 Å². The zero-order chi connectivity index (χ0) is 13.7. The van der Waals surface area contributed by atoms with Crippen molar-refractivity contribution >= 4 is 11.9 Å². The minimum Gasteiger partial charge on any atom is -0.480 e. The van der Waals surface area contributed by atoms with Crippen LogP contribution in [0.1, 0.15) is 38.5 Å². The van der Waals surface area contributed by atoms with E-state index in [0.29, 0.717) is 12.8 Å². The van der Waals surface area contributed by atoms with Crippen LogP contribution in [-0.4, -0.2) is 32.3 Å². The monoisotopic (exact) mass is 265 g/mol. The van der Waals surface area contributed by atoms with Crippen molar-refractivity contribution in [2.45, 2.75) is 50.6 Å². The summed E-state index contributed by atoms with van der Waals surface area (Å²) in [6.07, 6.45) is 8.03. The number of amides is 1. The number of hydrogen-bond acceptors (Lipinski definition) is 3. The molecule has 0 saturated heterocycles. The van der Waals surface area contributed by atoms with Crippen LogP contribution in [0.2, 0.25) is 0 Å². The Kier molecular flexibility index (Phi) is 4.19. The Bertz CT molecular complexity index is 434. The third kappa shape index (κ3) is 3.33. The zero-order valence-corrected chi connectivity index (χ0v) is 10.8.